The molecule has 0 radical (unpaired) electrons. The van der Waals surface area contributed by atoms with Crippen molar-refractivity contribution in [1.82, 2.24) is 4.90 Å². The van der Waals surface area contributed by atoms with Gasteiger partial charge in [0.25, 0.3) is 11.8 Å². The molecule has 1 heterocycles. The highest BCUT2D eigenvalue weighted by Gasteiger charge is 2.35. The summed E-state index contributed by atoms with van der Waals surface area (Å²) in [7, 11) is 0. The van der Waals surface area contributed by atoms with Gasteiger partial charge in [0.1, 0.15) is 5.82 Å². The summed E-state index contributed by atoms with van der Waals surface area (Å²) < 4.78 is 13.3. The molecule has 1 N–H and O–H groups in total. The number of carbonyl (C=O) groups excluding carboxylic acids is 3. The summed E-state index contributed by atoms with van der Waals surface area (Å²) in [5, 5.41) is 2.61. The standard InChI is InChI=1S/C19H17FN2O3/c1-11-3-6-14-15(9-11)19(25)22(18(14)24)8-7-17(23)21-16-10-13(20)5-4-12(16)2/h3-6,9-10H,7-8H2,1-2H3,(H,21,23). The van der Waals surface area contributed by atoms with Crippen molar-refractivity contribution >= 4 is 23.4 Å². The maximum absolute atomic E-state index is 13.3. The van der Waals surface area contributed by atoms with Crippen molar-refractivity contribution in [3.8, 4) is 0 Å². The highest BCUT2D eigenvalue weighted by atomic mass is 19.1. The van der Waals surface area contributed by atoms with E-state index in [1.807, 2.05) is 6.92 Å². The van der Waals surface area contributed by atoms with Crippen molar-refractivity contribution in [3.05, 3.63) is 64.5 Å². The summed E-state index contributed by atoms with van der Waals surface area (Å²) in [4.78, 5) is 37.8. The van der Waals surface area contributed by atoms with Crippen molar-refractivity contribution in [2.75, 3.05) is 11.9 Å². The van der Waals surface area contributed by atoms with E-state index in [1.54, 1.807) is 31.2 Å². The third kappa shape index (κ3) is 3.28. The summed E-state index contributed by atoms with van der Waals surface area (Å²) in [6.07, 6.45) is -0.0552. The molecule has 2 aromatic rings. The topological polar surface area (TPSA) is 66.5 Å². The molecule has 25 heavy (non-hydrogen) atoms. The summed E-state index contributed by atoms with van der Waals surface area (Å²) in [6, 6.07) is 9.18. The SMILES string of the molecule is Cc1ccc2c(c1)C(=O)N(CCC(=O)Nc1cc(F)ccc1C)C2=O. The maximum atomic E-state index is 13.3. The van der Waals surface area contributed by atoms with E-state index in [-0.39, 0.29) is 18.9 Å². The third-order valence-corrected chi connectivity index (χ3v) is 4.16. The van der Waals surface area contributed by atoms with Crippen molar-refractivity contribution < 1.29 is 18.8 Å². The van der Waals surface area contributed by atoms with Crippen LogP contribution in [0.4, 0.5) is 10.1 Å². The van der Waals surface area contributed by atoms with Crippen LogP contribution < -0.4 is 5.32 Å². The van der Waals surface area contributed by atoms with Gasteiger partial charge in [-0.1, -0.05) is 17.7 Å². The van der Waals surface area contributed by atoms with E-state index in [1.165, 1.54) is 12.1 Å². The fourth-order valence-electron chi connectivity index (χ4n) is 2.76. The van der Waals surface area contributed by atoms with Gasteiger partial charge in [-0.3, -0.25) is 19.3 Å². The molecule has 0 fully saturated rings. The number of carbonyl (C=O) groups is 3. The number of imide groups is 1. The van der Waals surface area contributed by atoms with E-state index in [4.69, 9.17) is 0 Å². The molecule has 0 aromatic heterocycles. The molecule has 1 aliphatic rings. The summed E-state index contributed by atoms with van der Waals surface area (Å²) >= 11 is 0. The Labute approximate surface area is 144 Å². The predicted molar refractivity (Wildman–Crippen MR) is 90.9 cm³/mol. The number of halogens is 1. The number of aryl methyl sites for hydroxylation is 2. The van der Waals surface area contributed by atoms with E-state index < -0.39 is 17.6 Å². The smallest absolute Gasteiger partial charge is 0.261 e. The highest BCUT2D eigenvalue weighted by molar-refractivity contribution is 6.21. The minimum atomic E-state index is -0.448. The molecule has 0 spiro atoms. The van der Waals surface area contributed by atoms with Gasteiger partial charge in [0.15, 0.2) is 0 Å². The van der Waals surface area contributed by atoms with Crippen LogP contribution in [0.15, 0.2) is 36.4 Å². The summed E-state index contributed by atoms with van der Waals surface area (Å²) in [6.45, 7) is 3.57. The molecular weight excluding hydrogens is 323 g/mol. The largest absolute Gasteiger partial charge is 0.326 e. The van der Waals surface area contributed by atoms with Crippen LogP contribution in [0.3, 0.4) is 0 Å². The van der Waals surface area contributed by atoms with Crippen LogP contribution in [0.5, 0.6) is 0 Å². The first-order valence-electron chi connectivity index (χ1n) is 7.89. The second-order valence-electron chi connectivity index (χ2n) is 6.07. The minimum Gasteiger partial charge on any atom is -0.326 e. The fraction of sp³-hybridized carbons (Fsp3) is 0.211. The van der Waals surface area contributed by atoms with Crippen LogP contribution in [-0.2, 0) is 4.79 Å². The van der Waals surface area contributed by atoms with Gasteiger partial charge < -0.3 is 5.32 Å². The number of nitrogens with zero attached hydrogens (tertiary/aromatic N) is 1. The van der Waals surface area contributed by atoms with Gasteiger partial charge in [0.05, 0.1) is 11.1 Å². The van der Waals surface area contributed by atoms with Gasteiger partial charge in [0.2, 0.25) is 5.91 Å². The molecule has 0 aliphatic carbocycles. The second-order valence-corrected chi connectivity index (χ2v) is 6.07. The molecule has 0 atom stereocenters. The van der Waals surface area contributed by atoms with Gasteiger partial charge in [-0.05, 0) is 43.7 Å². The molecule has 0 unspecified atom stereocenters. The minimum absolute atomic E-state index is 0.0222. The van der Waals surface area contributed by atoms with Gasteiger partial charge in [-0.2, -0.15) is 0 Å². The van der Waals surface area contributed by atoms with E-state index >= 15 is 0 Å². The van der Waals surface area contributed by atoms with Crippen molar-refractivity contribution in [2.45, 2.75) is 20.3 Å². The Kier molecular flexibility index (Phi) is 4.35. The first-order valence-corrected chi connectivity index (χ1v) is 7.89. The summed E-state index contributed by atoms with van der Waals surface area (Å²) in [5.74, 6) is -1.62. The van der Waals surface area contributed by atoms with Crippen molar-refractivity contribution in [1.29, 1.82) is 0 Å². The molecule has 0 saturated heterocycles. The lowest BCUT2D eigenvalue weighted by atomic mass is 10.1. The van der Waals surface area contributed by atoms with Gasteiger partial charge in [0, 0.05) is 18.7 Å². The molecule has 5 nitrogen and oxygen atoms in total. The lowest BCUT2D eigenvalue weighted by Crippen LogP contribution is -2.32. The van der Waals surface area contributed by atoms with E-state index in [0.717, 1.165) is 16.0 Å². The third-order valence-electron chi connectivity index (χ3n) is 4.16. The van der Waals surface area contributed by atoms with E-state index in [0.29, 0.717) is 16.8 Å². The number of hydrogen-bond donors (Lipinski definition) is 1. The normalized spacial score (nSPS) is 13.2. The quantitative estimate of drug-likeness (QED) is 0.870. The fourth-order valence-corrected chi connectivity index (χ4v) is 2.76. The van der Waals surface area contributed by atoms with Crippen LogP contribution in [0.25, 0.3) is 0 Å². The first kappa shape index (κ1) is 16.8. The lowest BCUT2D eigenvalue weighted by molar-refractivity contribution is -0.116. The average molecular weight is 340 g/mol. The molecule has 0 saturated carbocycles. The number of nitrogens with one attached hydrogen (secondary N) is 1. The van der Waals surface area contributed by atoms with Crippen LogP contribution in [-0.4, -0.2) is 29.2 Å². The van der Waals surface area contributed by atoms with Crippen LogP contribution >= 0.6 is 0 Å². The molecule has 3 amide bonds. The maximum Gasteiger partial charge on any atom is 0.261 e. The molecule has 3 rings (SSSR count). The predicted octanol–water partition coefficient (Wildman–Crippen LogP) is 3.07. The number of rotatable bonds is 4. The Balaban J connectivity index is 1.66. The molecule has 128 valence electrons. The first-order chi connectivity index (χ1) is 11.9. The van der Waals surface area contributed by atoms with Gasteiger partial charge >= 0.3 is 0 Å². The molecular formula is C19H17FN2O3. The van der Waals surface area contributed by atoms with E-state index in [2.05, 4.69) is 5.32 Å². The number of amides is 3. The highest BCUT2D eigenvalue weighted by Crippen LogP contribution is 2.24. The average Bonchev–Trinajstić information content (AvgIpc) is 2.80. The Hall–Kier alpha value is -3.02. The Bertz CT molecular complexity index is 892. The number of benzene rings is 2. The van der Waals surface area contributed by atoms with Crippen LogP contribution in [0.1, 0.15) is 38.3 Å². The Morgan fingerprint density at radius 2 is 1.76 bits per heavy atom. The number of anilines is 1. The molecule has 1 aliphatic heterocycles. The van der Waals surface area contributed by atoms with Crippen molar-refractivity contribution in [3.63, 3.8) is 0 Å². The zero-order chi connectivity index (χ0) is 18.1. The van der Waals surface area contributed by atoms with Crippen LogP contribution in [0.2, 0.25) is 0 Å². The number of fused-ring (bicyclic) bond motifs is 1. The van der Waals surface area contributed by atoms with Gasteiger partial charge in [-0.25, -0.2) is 4.39 Å². The van der Waals surface area contributed by atoms with Gasteiger partial charge in [-0.15, -0.1) is 0 Å². The summed E-state index contributed by atoms with van der Waals surface area (Å²) in [5.41, 5.74) is 2.72. The Morgan fingerprint density at radius 1 is 1.04 bits per heavy atom. The zero-order valence-electron chi connectivity index (χ0n) is 13.9. The Morgan fingerprint density at radius 3 is 2.52 bits per heavy atom. The number of hydrogen-bond acceptors (Lipinski definition) is 3. The molecule has 0 bridgehead atoms. The van der Waals surface area contributed by atoms with E-state index in [9.17, 15) is 18.8 Å². The zero-order valence-corrected chi connectivity index (χ0v) is 13.9. The molecule has 6 heteroatoms. The molecule has 2 aromatic carbocycles. The monoisotopic (exact) mass is 340 g/mol. The van der Waals surface area contributed by atoms with Crippen molar-refractivity contribution in [2.24, 2.45) is 0 Å². The second kappa shape index (κ2) is 6.47. The lowest BCUT2D eigenvalue weighted by Gasteiger charge is -2.14. The van der Waals surface area contributed by atoms with Crippen LogP contribution in [0, 0.1) is 19.7 Å².